The molecule has 0 aromatic heterocycles. The van der Waals surface area contributed by atoms with Crippen LogP contribution in [0.4, 0.5) is 0 Å². The molecule has 0 atom stereocenters. The van der Waals surface area contributed by atoms with Crippen LogP contribution in [-0.2, 0) is 14.3 Å². The van der Waals surface area contributed by atoms with Crippen molar-refractivity contribution in [2.24, 2.45) is 5.73 Å². The molecule has 12 heavy (non-hydrogen) atoms. The van der Waals surface area contributed by atoms with E-state index < -0.39 is 16.5 Å². The molecule has 0 unspecified atom stereocenters. The number of primary amides is 1. The van der Waals surface area contributed by atoms with Crippen molar-refractivity contribution in [3.05, 3.63) is 0 Å². The molecule has 0 aliphatic carbocycles. The fourth-order valence-electron chi connectivity index (χ4n) is 0.835. The zero-order chi connectivity index (χ0) is 9.19. The largest absolute Gasteiger partial charge is 0.367 e. The molecule has 1 heterocycles. The number of nitrogens with two attached hydrogens (primary N) is 1. The first-order chi connectivity index (χ1) is 5.52. The van der Waals surface area contributed by atoms with Gasteiger partial charge in [0.15, 0.2) is 10.6 Å². The fraction of sp³-hybridized carbons (Fsp3) is 0.833. The molecule has 0 radical (unpaired) electrons. The van der Waals surface area contributed by atoms with Gasteiger partial charge in [-0.25, -0.2) is 0 Å². The molecule has 0 spiro atoms. The summed E-state index contributed by atoms with van der Waals surface area (Å²) in [5, 5.41) is 0. The summed E-state index contributed by atoms with van der Waals surface area (Å²) in [6.07, 6.45) is -0.460. The van der Waals surface area contributed by atoms with Gasteiger partial charge in [-0.15, -0.1) is 0 Å². The molecular weight excluding hydrogens is 205 g/mol. The Bertz CT molecular complexity index is 180. The first-order valence-electron chi connectivity index (χ1n) is 3.43. The number of hydrogen-bond donors (Lipinski definition) is 1. The predicted molar refractivity (Wildman–Crippen MR) is 43.9 cm³/mol. The van der Waals surface area contributed by atoms with E-state index >= 15 is 0 Å². The molecule has 1 amide bonds. The molecule has 0 aromatic carbocycles. The normalized spacial score (nSPS) is 19.8. The van der Waals surface area contributed by atoms with E-state index in [-0.39, 0.29) is 6.42 Å². The number of halogens is 2. The number of carbonyl (C=O) groups excluding carboxylic acids is 1. The maximum atomic E-state index is 10.7. The first-order valence-corrected chi connectivity index (χ1v) is 4.19. The van der Waals surface area contributed by atoms with Crippen molar-refractivity contribution in [3.63, 3.8) is 0 Å². The van der Waals surface area contributed by atoms with E-state index in [1.165, 1.54) is 0 Å². The monoisotopic (exact) mass is 213 g/mol. The molecule has 4 nitrogen and oxygen atoms in total. The summed E-state index contributed by atoms with van der Waals surface area (Å²) in [5.74, 6) is -0.787. The third-order valence-electron chi connectivity index (χ3n) is 1.47. The summed E-state index contributed by atoms with van der Waals surface area (Å²) in [6.45, 7) is 0.987. The summed E-state index contributed by atoms with van der Waals surface area (Å²) in [6, 6.07) is 0. The molecule has 0 saturated carbocycles. The maximum absolute atomic E-state index is 10.7. The van der Waals surface area contributed by atoms with E-state index in [9.17, 15) is 4.79 Å². The van der Waals surface area contributed by atoms with Crippen molar-refractivity contribution in [3.8, 4) is 0 Å². The van der Waals surface area contributed by atoms with Crippen LogP contribution >= 0.6 is 23.2 Å². The molecular formula is C6H9Cl2NO3. The summed E-state index contributed by atoms with van der Waals surface area (Å²) in [5.41, 5.74) is 4.93. The highest BCUT2D eigenvalue weighted by Crippen LogP contribution is 2.28. The van der Waals surface area contributed by atoms with Crippen LogP contribution in [0.2, 0.25) is 0 Å². The number of hydrogen-bond acceptors (Lipinski definition) is 3. The number of carbonyl (C=O) groups is 1. The van der Waals surface area contributed by atoms with Crippen LogP contribution < -0.4 is 5.73 Å². The van der Waals surface area contributed by atoms with Crippen molar-refractivity contribution in [2.45, 2.75) is 17.0 Å². The van der Waals surface area contributed by atoms with Crippen molar-refractivity contribution >= 4 is 29.1 Å². The molecule has 0 aromatic rings. The molecule has 70 valence electrons. The van der Waals surface area contributed by atoms with Gasteiger partial charge in [0.2, 0.25) is 0 Å². The molecule has 1 rings (SSSR count). The van der Waals surface area contributed by atoms with E-state index in [1.807, 2.05) is 0 Å². The molecule has 2 N–H and O–H groups in total. The minimum atomic E-state index is -1.60. The minimum absolute atomic E-state index is 0.0610. The minimum Gasteiger partial charge on any atom is -0.367 e. The lowest BCUT2D eigenvalue weighted by Gasteiger charge is -2.18. The number of amides is 1. The van der Waals surface area contributed by atoms with Crippen molar-refractivity contribution < 1.29 is 14.3 Å². The van der Waals surface area contributed by atoms with Crippen LogP contribution in [0.5, 0.6) is 0 Å². The molecule has 1 saturated heterocycles. The highest BCUT2D eigenvalue weighted by atomic mass is 35.5. The zero-order valence-corrected chi connectivity index (χ0v) is 7.77. The number of alkyl halides is 2. The molecule has 1 aliphatic rings. The Balaban J connectivity index is 2.42. The summed E-state index contributed by atoms with van der Waals surface area (Å²) >= 11 is 11.2. The van der Waals surface area contributed by atoms with Gasteiger partial charge >= 0.3 is 0 Å². The second-order valence-corrected chi connectivity index (χ2v) is 3.93. The molecule has 6 heteroatoms. The Morgan fingerprint density at radius 3 is 2.42 bits per heavy atom. The zero-order valence-electron chi connectivity index (χ0n) is 6.26. The topological polar surface area (TPSA) is 61.6 Å². The lowest BCUT2D eigenvalue weighted by atomic mass is 10.3. The smallest absolute Gasteiger partial charge is 0.254 e. The van der Waals surface area contributed by atoms with Crippen LogP contribution in [-0.4, -0.2) is 29.7 Å². The Kier molecular flexibility index (Phi) is 3.17. The fourth-order valence-corrected chi connectivity index (χ4v) is 1.09. The highest BCUT2D eigenvalue weighted by molar-refractivity contribution is 6.57. The van der Waals surface area contributed by atoms with E-state index in [0.29, 0.717) is 13.2 Å². The predicted octanol–water partition coefficient (Wildman–Crippen LogP) is 0.409. The van der Waals surface area contributed by atoms with Crippen LogP contribution in [0.3, 0.4) is 0 Å². The van der Waals surface area contributed by atoms with Gasteiger partial charge in [-0.3, -0.25) is 4.79 Å². The second kappa shape index (κ2) is 3.79. The van der Waals surface area contributed by atoms with Gasteiger partial charge in [0, 0.05) is 6.42 Å². The van der Waals surface area contributed by atoms with Crippen molar-refractivity contribution in [2.75, 3.05) is 13.2 Å². The summed E-state index contributed by atoms with van der Waals surface area (Å²) in [4.78, 5) is 10.7. The van der Waals surface area contributed by atoms with Crippen LogP contribution in [0.25, 0.3) is 0 Å². The third-order valence-corrected chi connectivity index (χ3v) is 2.16. The Hall–Kier alpha value is -0.0300. The number of rotatable bonds is 3. The Morgan fingerprint density at radius 1 is 1.50 bits per heavy atom. The summed E-state index contributed by atoms with van der Waals surface area (Å²) in [7, 11) is 0. The maximum Gasteiger partial charge on any atom is 0.254 e. The van der Waals surface area contributed by atoms with E-state index in [0.717, 1.165) is 0 Å². The Morgan fingerprint density at radius 2 is 2.00 bits per heavy atom. The summed E-state index contributed by atoms with van der Waals surface area (Å²) < 4.78 is 8.48. The van der Waals surface area contributed by atoms with Gasteiger partial charge in [0.1, 0.15) is 0 Å². The van der Waals surface area contributed by atoms with Gasteiger partial charge in [0.05, 0.1) is 13.2 Å². The molecule has 1 fully saturated rings. The SMILES string of the molecule is NC(=O)C(Cl)(Cl)CC1OCCO1. The van der Waals surface area contributed by atoms with Crippen molar-refractivity contribution in [1.29, 1.82) is 0 Å². The van der Waals surface area contributed by atoms with Gasteiger partial charge in [-0.05, 0) is 0 Å². The van der Waals surface area contributed by atoms with Crippen LogP contribution in [0.1, 0.15) is 6.42 Å². The van der Waals surface area contributed by atoms with Gasteiger partial charge in [-0.1, -0.05) is 23.2 Å². The van der Waals surface area contributed by atoms with Gasteiger partial charge in [0.25, 0.3) is 5.91 Å². The van der Waals surface area contributed by atoms with Gasteiger partial charge < -0.3 is 15.2 Å². The molecule has 1 aliphatic heterocycles. The standard InChI is InChI=1S/C6H9Cl2NO3/c7-6(8,5(9)10)3-4-11-1-2-12-4/h4H,1-3H2,(H2,9,10). The van der Waals surface area contributed by atoms with Gasteiger partial charge in [-0.2, -0.15) is 0 Å². The van der Waals surface area contributed by atoms with E-state index in [2.05, 4.69) is 0 Å². The quantitative estimate of drug-likeness (QED) is 0.692. The first kappa shape index (κ1) is 10.1. The highest BCUT2D eigenvalue weighted by Gasteiger charge is 2.36. The van der Waals surface area contributed by atoms with Crippen LogP contribution in [0, 0.1) is 0 Å². The Labute approximate surface area is 79.9 Å². The second-order valence-electron chi connectivity index (χ2n) is 2.44. The average Bonchev–Trinajstić information content (AvgIpc) is 2.38. The average molecular weight is 214 g/mol. The van der Waals surface area contributed by atoms with Crippen LogP contribution in [0.15, 0.2) is 0 Å². The molecule has 0 bridgehead atoms. The number of ether oxygens (including phenoxy) is 2. The van der Waals surface area contributed by atoms with Crippen molar-refractivity contribution in [1.82, 2.24) is 0 Å². The van der Waals surface area contributed by atoms with E-state index in [1.54, 1.807) is 0 Å². The lowest BCUT2D eigenvalue weighted by Crippen LogP contribution is -2.36. The third kappa shape index (κ3) is 2.48. The van der Waals surface area contributed by atoms with E-state index in [4.69, 9.17) is 38.4 Å². The lowest BCUT2D eigenvalue weighted by molar-refractivity contribution is -0.121.